The standard InChI is InChI=1S/C8H20N2O/c1-4-8(11)10-6-5-9-7(2)3/h7-11H,4-6H2,1-3H3. The molecule has 0 rings (SSSR count). The average Bonchev–Trinajstić information content (AvgIpc) is 1.97. The first-order valence-corrected chi connectivity index (χ1v) is 4.31. The van der Waals surface area contributed by atoms with Crippen LogP contribution in [0.4, 0.5) is 0 Å². The number of aliphatic hydroxyl groups excluding tert-OH is 1. The maximum Gasteiger partial charge on any atom is 0.104 e. The number of rotatable bonds is 6. The van der Waals surface area contributed by atoms with E-state index in [1.807, 2.05) is 6.92 Å². The lowest BCUT2D eigenvalue weighted by atomic mass is 10.4. The Morgan fingerprint density at radius 3 is 2.18 bits per heavy atom. The summed E-state index contributed by atoms with van der Waals surface area (Å²) in [4.78, 5) is 0. The van der Waals surface area contributed by atoms with Gasteiger partial charge >= 0.3 is 0 Å². The van der Waals surface area contributed by atoms with Gasteiger partial charge in [-0.2, -0.15) is 0 Å². The lowest BCUT2D eigenvalue weighted by molar-refractivity contribution is 0.133. The third kappa shape index (κ3) is 7.78. The fourth-order valence-electron chi connectivity index (χ4n) is 0.744. The molecule has 0 aromatic carbocycles. The highest BCUT2D eigenvalue weighted by Gasteiger charge is 1.97. The van der Waals surface area contributed by atoms with Crippen molar-refractivity contribution in [2.75, 3.05) is 13.1 Å². The van der Waals surface area contributed by atoms with Crippen molar-refractivity contribution >= 4 is 0 Å². The van der Waals surface area contributed by atoms with Gasteiger partial charge in [-0.25, -0.2) is 0 Å². The van der Waals surface area contributed by atoms with Crippen LogP contribution in [0.3, 0.4) is 0 Å². The molecule has 3 N–H and O–H groups in total. The van der Waals surface area contributed by atoms with Crippen LogP contribution in [-0.4, -0.2) is 30.5 Å². The Kier molecular flexibility index (Phi) is 6.51. The Morgan fingerprint density at radius 2 is 1.73 bits per heavy atom. The first kappa shape index (κ1) is 10.9. The highest BCUT2D eigenvalue weighted by atomic mass is 16.3. The smallest absolute Gasteiger partial charge is 0.104 e. The van der Waals surface area contributed by atoms with Crippen LogP contribution in [0.25, 0.3) is 0 Å². The molecule has 11 heavy (non-hydrogen) atoms. The van der Waals surface area contributed by atoms with Crippen LogP contribution in [0, 0.1) is 0 Å². The van der Waals surface area contributed by atoms with Gasteiger partial charge in [0, 0.05) is 19.1 Å². The van der Waals surface area contributed by atoms with E-state index >= 15 is 0 Å². The van der Waals surface area contributed by atoms with E-state index in [2.05, 4.69) is 24.5 Å². The monoisotopic (exact) mass is 160 g/mol. The Bertz CT molecular complexity index is 86.2. The predicted molar refractivity (Wildman–Crippen MR) is 47.4 cm³/mol. The molecule has 0 aliphatic heterocycles. The maximum atomic E-state index is 9.08. The van der Waals surface area contributed by atoms with Crippen molar-refractivity contribution in [3.63, 3.8) is 0 Å². The summed E-state index contributed by atoms with van der Waals surface area (Å²) >= 11 is 0. The van der Waals surface area contributed by atoms with Crippen LogP contribution in [-0.2, 0) is 0 Å². The van der Waals surface area contributed by atoms with Crippen molar-refractivity contribution in [2.45, 2.75) is 39.5 Å². The molecule has 0 amide bonds. The summed E-state index contributed by atoms with van der Waals surface area (Å²) in [6, 6.07) is 0.524. The number of hydrogen-bond donors (Lipinski definition) is 3. The van der Waals surface area contributed by atoms with Gasteiger partial charge in [0.1, 0.15) is 6.23 Å². The van der Waals surface area contributed by atoms with Gasteiger partial charge in [-0.1, -0.05) is 20.8 Å². The Balaban J connectivity index is 3.01. The minimum absolute atomic E-state index is 0.344. The molecule has 0 aromatic heterocycles. The molecule has 1 unspecified atom stereocenters. The average molecular weight is 160 g/mol. The molecular formula is C8H20N2O. The van der Waals surface area contributed by atoms with Gasteiger partial charge in [-0.3, -0.25) is 5.32 Å². The minimum Gasteiger partial charge on any atom is -0.379 e. The van der Waals surface area contributed by atoms with Crippen molar-refractivity contribution in [2.24, 2.45) is 0 Å². The second kappa shape index (κ2) is 6.58. The fourth-order valence-corrected chi connectivity index (χ4v) is 0.744. The van der Waals surface area contributed by atoms with E-state index in [9.17, 15) is 0 Å². The Hall–Kier alpha value is -0.120. The van der Waals surface area contributed by atoms with Crippen molar-refractivity contribution in [1.29, 1.82) is 0 Å². The Morgan fingerprint density at radius 1 is 1.18 bits per heavy atom. The SMILES string of the molecule is CCC(O)NCCNC(C)C. The summed E-state index contributed by atoms with van der Waals surface area (Å²) in [6.07, 6.45) is 0.422. The summed E-state index contributed by atoms with van der Waals surface area (Å²) < 4.78 is 0. The fraction of sp³-hybridized carbons (Fsp3) is 1.00. The van der Waals surface area contributed by atoms with E-state index in [4.69, 9.17) is 5.11 Å². The zero-order valence-electron chi connectivity index (χ0n) is 7.72. The summed E-state index contributed by atoms with van der Waals surface area (Å²) in [5.41, 5.74) is 0. The van der Waals surface area contributed by atoms with Gasteiger partial charge in [-0.15, -0.1) is 0 Å². The molecule has 0 heterocycles. The van der Waals surface area contributed by atoms with Gasteiger partial charge in [0.15, 0.2) is 0 Å². The van der Waals surface area contributed by atoms with Crippen LogP contribution in [0.2, 0.25) is 0 Å². The molecule has 0 aliphatic rings. The highest BCUT2D eigenvalue weighted by molar-refractivity contribution is 4.56. The van der Waals surface area contributed by atoms with Crippen molar-refractivity contribution in [3.05, 3.63) is 0 Å². The summed E-state index contributed by atoms with van der Waals surface area (Å²) in [5.74, 6) is 0. The first-order chi connectivity index (χ1) is 5.16. The maximum absolute atomic E-state index is 9.08. The number of hydrogen-bond acceptors (Lipinski definition) is 3. The zero-order valence-corrected chi connectivity index (χ0v) is 7.72. The molecule has 1 atom stereocenters. The topological polar surface area (TPSA) is 44.3 Å². The van der Waals surface area contributed by atoms with Crippen molar-refractivity contribution in [3.8, 4) is 0 Å². The molecule has 0 spiro atoms. The largest absolute Gasteiger partial charge is 0.379 e. The summed E-state index contributed by atoms with van der Waals surface area (Å²) in [7, 11) is 0. The molecule has 0 fully saturated rings. The third-order valence-corrected chi connectivity index (χ3v) is 1.44. The van der Waals surface area contributed by atoms with E-state index in [1.165, 1.54) is 0 Å². The molecule has 0 aromatic rings. The van der Waals surface area contributed by atoms with E-state index in [0.29, 0.717) is 6.04 Å². The quantitative estimate of drug-likeness (QED) is 0.387. The first-order valence-electron chi connectivity index (χ1n) is 4.31. The van der Waals surface area contributed by atoms with Crippen LogP contribution >= 0.6 is 0 Å². The lowest BCUT2D eigenvalue weighted by Gasteiger charge is -2.12. The van der Waals surface area contributed by atoms with Gasteiger partial charge in [-0.05, 0) is 6.42 Å². The van der Waals surface area contributed by atoms with Gasteiger partial charge in [0.05, 0.1) is 0 Å². The molecule has 3 nitrogen and oxygen atoms in total. The van der Waals surface area contributed by atoms with Gasteiger partial charge in [0.25, 0.3) is 0 Å². The van der Waals surface area contributed by atoms with Crippen LogP contribution in [0.5, 0.6) is 0 Å². The highest BCUT2D eigenvalue weighted by Crippen LogP contribution is 1.81. The second-order valence-corrected chi connectivity index (χ2v) is 2.99. The predicted octanol–water partition coefficient (Wildman–Crippen LogP) is 0.302. The van der Waals surface area contributed by atoms with Gasteiger partial charge in [0.2, 0.25) is 0 Å². The van der Waals surface area contributed by atoms with E-state index in [0.717, 1.165) is 19.5 Å². The van der Waals surface area contributed by atoms with E-state index < -0.39 is 0 Å². The molecule has 0 aliphatic carbocycles. The minimum atomic E-state index is -0.344. The van der Waals surface area contributed by atoms with Crippen molar-refractivity contribution < 1.29 is 5.11 Å². The molecule has 3 heteroatoms. The van der Waals surface area contributed by atoms with Gasteiger partial charge < -0.3 is 10.4 Å². The molecule has 0 saturated carbocycles. The second-order valence-electron chi connectivity index (χ2n) is 2.99. The molecule has 68 valence electrons. The van der Waals surface area contributed by atoms with Crippen LogP contribution in [0.15, 0.2) is 0 Å². The summed E-state index contributed by atoms with van der Waals surface area (Å²) in [6.45, 7) is 7.90. The molecule has 0 bridgehead atoms. The van der Waals surface area contributed by atoms with E-state index in [1.54, 1.807) is 0 Å². The molecule has 0 saturated heterocycles. The summed E-state index contributed by atoms with van der Waals surface area (Å²) in [5, 5.41) is 15.3. The van der Waals surface area contributed by atoms with E-state index in [-0.39, 0.29) is 6.23 Å². The van der Waals surface area contributed by atoms with Crippen LogP contribution < -0.4 is 10.6 Å². The number of aliphatic hydroxyl groups is 1. The lowest BCUT2D eigenvalue weighted by Crippen LogP contribution is -2.36. The van der Waals surface area contributed by atoms with Crippen LogP contribution in [0.1, 0.15) is 27.2 Å². The molecular weight excluding hydrogens is 140 g/mol. The Labute approximate surface area is 69.2 Å². The zero-order chi connectivity index (χ0) is 8.69. The normalized spacial score (nSPS) is 13.9. The molecule has 0 radical (unpaired) electrons. The van der Waals surface area contributed by atoms with Crippen molar-refractivity contribution in [1.82, 2.24) is 10.6 Å². The third-order valence-electron chi connectivity index (χ3n) is 1.44. The number of nitrogens with one attached hydrogen (secondary N) is 2.